The maximum atomic E-state index is 13.5. The number of allylic oxidation sites excluding steroid dienone is 1. The number of nitrogens with two attached hydrogens (primary N) is 1. The standard InChI is InChI=1S/C26H23N5O2/c1-15-7-9-16(10-8-15)13-17-11-12-19-22(18-5-3-4-6-21(18)28-23(17)19)26(33)29-25-20(24(27)32)14-31(2)30-25/h3-10,13-14H,11-12H2,1-2H3,(H2,27,32)(H,29,30,33)/b17-13+. The molecular formula is C26H23N5O2. The molecule has 2 amide bonds. The summed E-state index contributed by atoms with van der Waals surface area (Å²) >= 11 is 0. The van der Waals surface area contributed by atoms with Gasteiger partial charge < -0.3 is 11.1 Å². The minimum Gasteiger partial charge on any atom is -0.365 e. The highest BCUT2D eigenvalue weighted by Gasteiger charge is 2.28. The van der Waals surface area contributed by atoms with Gasteiger partial charge in [-0.05, 0) is 48.6 Å². The van der Waals surface area contributed by atoms with Gasteiger partial charge in [-0.2, -0.15) is 5.10 Å². The SMILES string of the molecule is Cc1ccc(/C=C2\CCc3c2nc2ccccc2c3C(=O)Nc2nn(C)cc2C(N)=O)cc1. The summed E-state index contributed by atoms with van der Waals surface area (Å²) in [6.45, 7) is 2.06. The topological polar surface area (TPSA) is 103 Å². The number of hydrogen-bond donors (Lipinski definition) is 2. The summed E-state index contributed by atoms with van der Waals surface area (Å²) in [5, 5.41) is 7.77. The third-order valence-electron chi connectivity index (χ3n) is 5.91. The van der Waals surface area contributed by atoms with E-state index < -0.39 is 5.91 Å². The van der Waals surface area contributed by atoms with Crippen LogP contribution in [0.1, 0.15) is 49.5 Å². The van der Waals surface area contributed by atoms with Crippen LogP contribution in [0.5, 0.6) is 0 Å². The molecule has 2 aromatic heterocycles. The lowest BCUT2D eigenvalue weighted by Crippen LogP contribution is -2.19. The zero-order valence-electron chi connectivity index (χ0n) is 18.4. The van der Waals surface area contributed by atoms with Gasteiger partial charge in [0.25, 0.3) is 11.8 Å². The van der Waals surface area contributed by atoms with E-state index in [-0.39, 0.29) is 17.3 Å². The molecule has 0 fully saturated rings. The van der Waals surface area contributed by atoms with Gasteiger partial charge in [0, 0.05) is 18.6 Å². The molecule has 1 aliphatic rings. The molecule has 0 atom stereocenters. The largest absolute Gasteiger partial charge is 0.365 e. The number of anilines is 1. The molecule has 7 heteroatoms. The number of benzene rings is 2. The second-order valence-corrected chi connectivity index (χ2v) is 8.29. The lowest BCUT2D eigenvalue weighted by atomic mass is 9.99. The molecular weight excluding hydrogens is 414 g/mol. The molecule has 0 radical (unpaired) electrons. The fraction of sp³-hybridized carbons (Fsp3) is 0.154. The summed E-state index contributed by atoms with van der Waals surface area (Å²) in [7, 11) is 1.67. The Kier molecular flexibility index (Phi) is 5.01. The third-order valence-corrected chi connectivity index (χ3v) is 5.91. The zero-order chi connectivity index (χ0) is 23.1. The van der Waals surface area contributed by atoms with Crippen LogP contribution in [0.4, 0.5) is 5.82 Å². The van der Waals surface area contributed by atoms with Crippen LogP contribution in [0.2, 0.25) is 0 Å². The number of carbonyl (C=O) groups is 2. The molecule has 0 unspecified atom stereocenters. The van der Waals surface area contributed by atoms with E-state index >= 15 is 0 Å². The Morgan fingerprint density at radius 3 is 2.61 bits per heavy atom. The molecule has 2 aromatic carbocycles. The second kappa shape index (κ2) is 8.02. The summed E-state index contributed by atoms with van der Waals surface area (Å²) in [5.41, 5.74) is 12.1. The van der Waals surface area contributed by atoms with E-state index in [1.807, 2.05) is 24.3 Å². The normalized spacial score (nSPS) is 13.9. The van der Waals surface area contributed by atoms with E-state index in [0.717, 1.165) is 39.7 Å². The molecule has 0 saturated carbocycles. The molecule has 4 aromatic rings. The van der Waals surface area contributed by atoms with E-state index in [0.29, 0.717) is 12.0 Å². The average molecular weight is 438 g/mol. The molecule has 0 spiro atoms. The molecule has 0 aliphatic heterocycles. The number of rotatable bonds is 4. The minimum absolute atomic E-state index is 0.151. The number of aromatic nitrogens is 3. The number of nitrogens with zero attached hydrogens (tertiary/aromatic N) is 3. The zero-order valence-corrected chi connectivity index (χ0v) is 18.4. The number of amides is 2. The van der Waals surface area contributed by atoms with Gasteiger partial charge in [0.1, 0.15) is 5.56 Å². The van der Waals surface area contributed by atoms with Gasteiger partial charge in [-0.3, -0.25) is 14.3 Å². The number of primary amides is 1. The first-order valence-electron chi connectivity index (χ1n) is 10.7. The van der Waals surface area contributed by atoms with Gasteiger partial charge in [-0.15, -0.1) is 0 Å². The molecule has 0 bridgehead atoms. The van der Waals surface area contributed by atoms with Crippen molar-refractivity contribution in [2.75, 3.05) is 5.32 Å². The summed E-state index contributed by atoms with van der Waals surface area (Å²) in [6.07, 6.45) is 5.13. The fourth-order valence-corrected chi connectivity index (χ4v) is 4.33. The van der Waals surface area contributed by atoms with Gasteiger partial charge >= 0.3 is 0 Å². The van der Waals surface area contributed by atoms with Gasteiger partial charge in [0.2, 0.25) is 0 Å². The van der Waals surface area contributed by atoms with E-state index in [9.17, 15) is 9.59 Å². The van der Waals surface area contributed by atoms with Crippen LogP contribution in [0.25, 0.3) is 22.6 Å². The number of aryl methyl sites for hydroxylation is 2. The Morgan fingerprint density at radius 1 is 1.09 bits per heavy atom. The van der Waals surface area contributed by atoms with Gasteiger partial charge in [-0.25, -0.2) is 4.98 Å². The van der Waals surface area contributed by atoms with Crippen LogP contribution in [-0.2, 0) is 13.5 Å². The van der Waals surface area contributed by atoms with Crippen molar-refractivity contribution >= 4 is 40.2 Å². The Balaban J connectivity index is 1.62. The van der Waals surface area contributed by atoms with Gasteiger partial charge in [0.05, 0.1) is 16.8 Å². The van der Waals surface area contributed by atoms with E-state index in [4.69, 9.17) is 10.7 Å². The number of carbonyl (C=O) groups excluding carboxylic acids is 2. The number of pyridine rings is 1. The highest BCUT2D eigenvalue weighted by molar-refractivity contribution is 6.16. The van der Waals surface area contributed by atoms with Gasteiger partial charge in [0.15, 0.2) is 5.82 Å². The Hall–Kier alpha value is -4.26. The lowest BCUT2D eigenvalue weighted by molar-refractivity contribution is 0.100. The van der Waals surface area contributed by atoms with Crippen molar-refractivity contribution in [1.29, 1.82) is 0 Å². The minimum atomic E-state index is -0.647. The quantitative estimate of drug-likeness (QED) is 0.501. The predicted molar refractivity (Wildman–Crippen MR) is 129 cm³/mol. The second-order valence-electron chi connectivity index (χ2n) is 8.29. The van der Waals surface area contributed by atoms with Crippen molar-refractivity contribution < 1.29 is 9.59 Å². The Bertz CT molecular complexity index is 1450. The average Bonchev–Trinajstić information content (AvgIpc) is 3.36. The highest BCUT2D eigenvalue weighted by Crippen LogP contribution is 2.37. The Morgan fingerprint density at radius 2 is 1.85 bits per heavy atom. The number of nitrogens with one attached hydrogen (secondary N) is 1. The predicted octanol–water partition coefficient (Wildman–Crippen LogP) is 4.11. The molecule has 3 N–H and O–H groups in total. The van der Waals surface area contributed by atoms with Crippen molar-refractivity contribution in [2.24, 2.45) is 12.8 Å². The summed E-state index contributed by atoms with van der Waals surface area (Å²) in [5.74, 6) is -0.827. The number of hydrogen-bond acceptors (Lipinski definition) is 4. The van der Waals surface area contributed by atoms with E-state index in [1.54, 1.807) is 7.05 Å². The first kappa shape index (κ1) is 20.6. The Labute approximate surface area is 190 Å². The van der Waals surface area contributed by atoms with Crippen molar-refractivity contribution in [1.82, 2.24) is 14.8 Å². The fourth-order valence-electron chi connectivity index (χ4n) is 4.33. The van der Waals surface area contributed by atoms with Crippen LogP contribution in [0.3, 0.4) is 0 Å². The van der Waals surface area contributed by atoms with Gasteiger partial charge in [-0.1, -0.05) is 48.0 Å². The molecule has 1 aliphatic carbocycles. The monoisotopic (exact) mass is 437 g/mol. The molecule has 0 saturated heterocycles. The molecule has 164 valence electrons. The number of para-hydroxylation sites is 1. The van der Waals surface area contributed by atoms with Crippen LogP contribution in [-0.4, -0.2) is 26.6 Å². The van der Waals surface area contributed by atoms with Crippen LogP contribution >= 0.6 is 0 Å². The number of fused-ring (bicyclic) bond motifs is 2. The first-order chi connectivity index (χ1) is 15.9. The molecule has 2 heterocycles. The molecule has 7 nitrogen and oxygen atoms in total. The van der Waals surface area contributed by atoms with E-state index in [2.05, 4.69) is 47.7 Å². The van der Waals surface area contributed by atoms with E-state index in [1.165, 1.54) is 16.4 Å². The summed E-state index contributed by atoms with van der Waals surface area (Å²) < 4.78 is 1.45. The first-order valence-corrected chi connectivity index (χ1v) is 10.7. The summed E-state index contributed by atoms with van der Waals surface area (Å²) in [6, 6.07) is 15.9. The lowest BCUT2D eigenvalue weighted by Gasteiger charge is -2.12. The maximum Gasteiger partial charge on any atom is 0.257 e. The van der Waals surface area contributed by atoms with Crippen molar-refractivity contribution in [3.8, 4) is 0 Å². The van der Waals surface area contributed by atoms with Crippen LogP contribution < -0.4 is 11.1 Å². The van der Waals surface area contributed by atoms with Crippen molar-refractivity contribution in [2.45, 2.75) is 19.8 Å². The highest BCUT2D eigenvalue weighted by atomic mass is 16.2. The van der Waals surface area contributed by atoms with Crippen LogP contribution in [0.15, 0.2) is 54.7 Å². The van der Waals surface area contributed by atoms with Crippen molar-refractivity contribution in [3.05, 3.63) is 88.2 Å². The van der Waals surface area contributed by atoms with Crippen molar-refractivity contribution in [3.63, 3.8) is 0 Å². The molecule has 5 rings (SSSR count). The third kappa shape index (κ3) is 3.78. The molecule has 33 heavy (non-hydrogen) atoms. The summed E-state index contributed by atoms with van der Waals surface area (Å²) in [4.78, 5) is 30.2. The van der Waals surface area contributed by atoms with Crippen LogP contribution in [0, 0.1) is 6.92 Å². The smallest absolute Gasteiger partial charge is 0.257 e. The maximum absolute atomic E-state index is 13.5.